The van der Waals surface area contributed by atoms with E-state index in [0.717, 1.165) is 13.2 Å². The number of aliphatic hydroxyl groups excluding tert-OH is 1. The zero-order chi connectivity index (χ0) is 16.0. The Bertz CT molecular complexity index is 602. The Morgan fingerprint density at radius 1 is 1.43 bits per heavy atom. The largest absolute Gasteiger partial charge is 0.465 e. The number of benzene rings is 1. The predicted molar refractivity (Wildman–Crippen MR) is 75.3 cm³/mol. The van der Waals surface area contributed by atoms with E-state index >= 15 is 0 Å². The van der Waals surface area contributed by atoms with Gasteiger partial charge in [0, 0.05) is 12.8 Å². The summed E-state index contributed by atoms with van der Waals surface area (Å²) >= 11 is 0. The van der Waals surface area contributed by atoms with Crippen LogP contribution in [0.1, 0.15) is 10.4 Å². The highest BCUT2D eigenvalue weighted by molar-refractivity contribution is 7.89. The molecule has 0 spiro atoms. The average Bonchev–Trinajstić information content (AvgIpc) is 2.45. The molecule has 0 saturated heterocycles. The van der Waals surface area contributed by atoms with Gasteiger partial charge in [0.2, 0.25) is 10.0 Å². The molecule has 1 rings (SSSR count). The third-order valence-electron chi connectivity index (χ3n) is 2.61. The molecule has 0 heterocycles. The fourth-order valence-corrected chi connectivity index (χ4v) is 3.09. The summed E-state index contributed by atoms with van der Waals surface area (Å²) in [7, 11) is -1.56. The van der Waals surface area contributed by atoms with Gasteiger partial charge >= 0.3 is 5.97 Å². The minimum absolute atomic E-state index is 0.0222. The number of carbonyl (C=O) groups is 1. The van der Waals surface area contributed by atoms with Crippen molar-refractivity contribution in [3.8, 4) is 0 Å². The maximum atomic E-state index is 12.3. The number of nitrogens with two attached hydrogens (primary N) is 1. The molecule has 1 unspecified atom stereocenters. The van der Waals surface area contributed by atoms with Gasteiger partial charge in [-0.3, -0.25) is 0 Å². The summed E-state index contributed by atoms with van der Waals surface area (Å²) in [4.78, 5) is 11.3. The number of nitrogens with one attached hydrogen (secondary N) is 1. The fraction of sp³-hybridized carbons (Fsp3) is 0.417. The van der Waals surface area contributed by atoms with Gasteiger partial charge in [-0.2, -0.15) is 0 Å². The van der Waals surface area contributed by atoms with Crippen molar-refractivity contribution in [2.75, 3.05) is 33.2 Å². The number of nitrogen functional groups attached to an aromatic ring is 1. The Morgan fingerprint density at radius 3 is 2.62 bits per heavy atom. The van der Waals surface area contributed by atoms with Crippen LogP contribution in [0.2, 0.25) is 0 Å². The maximum Gasteiger partial charge on any atom is 0.339 e. The van der Waals surface area contributed by atoms with E-state index < -0.39 is 28.6 Å². The van der Waals surface area contributed by atoms with Crippen LogP contribution in [0, 0.1) is 0 Å². The van der Waals surface area contributed by atoms with Gasteiger partial charge in [-0.25, -0.2) is 17.9 Å². The fourth-order valence-electron chi connectivity index (χ4n) is 1.65. The molecule has 118 valence electrons. The maximum absolute atomic E-state index is 12.3. The predicted octanol–water partition coefficient (Wildman–Crippen LogP) is -0.659. The first-order valence-electron chi connectivity index (χ1n) is 5.95. The summed E-state index contributed by atoms with van der Waals surface area (Å²) in [6.07, 6.45) is 0. The zero-order valence-corrected chi connectivity index (χ0v) is 12.5. The van der Waals surface area contributed by atoms with Gasteiger partial charge in [0.25, 0.3) is 0 Å². The van der Waals surface area contributed by atoms with Crippen LogP contribution < -0.4 is 10.5 Å². The molecule has 0 fully saturated rings. The van der Waals surface area contributed by atoms with Gasteiger partial charge in [-0.15, -0.1) is 0 Å². The number of esters is 1. The van der Waals surface area contributed by atoms with Crippen LogP contribution in [0.25, 0.3) is 0 Å². The van der Waals surface area contributed by atoms with E-state index in [2.05, 4.69) is 9.46 Å². The topological polar surface area (TPSA) is 128 Å². The van der Waals surface area contributed by atoms with Crippen LogP contribution in [-0.2, 0) is 19.5 Å². The first kappa shape index (κ1) is 17.4. The summed E-state index contributed by atoms with van der Waals surface area (Å²) in [5, 5.41) is 9.12. The monoisotopic (exact) mass is 318 g/mol. The van der Waals surface area contributed by atoms with Gasteiger partial charge < -0.3 is 20.3 Å². The Balaban J connectivity index is 3.23. The van der Waals surface area contributed by atoms with Gasteiger partial charge in [0.05, 0.1) is 36.8 Å². The molecule has 0 aromatic heterocycles. The van der Waals surface area contributed by atoms with E-state index in [9.17, 15) is 13.2 Å². The highest BCUT2D eigenvalue weighted by Gasteiger charge is 2.26. The molecule has 0 aliphatic rings. The van der Waals surface area contributed by atoms with Crippen LogP contribution in [-0.4, -0.2) is 53.0 Å². The number of sulfonamides is 1. The quantitative estimate of drug-likeness (QED) is 0.450. The van der Waals surface area contributed by atoms with Crippen molar-refractivity contribution >= 4 is 21.7 Å². The van der Waals surface area contributed by atoms with E-state index in [1.165, 1.54) is 19.2 Å². The molecule has 1 aromatic rings. The Labute approximate surface area is 122 Å². The van der Waals surface area contributed by atoms with E-state index in [4.69, 9.17) is 15.6 Å². The Hall–Kier alpha value is -1.68. The number of aliphatic hydroxyl groups is 1. The number of carbonyl (C=O) groups excluding carboxylic acids is 1. The smallest absolute Gasteiger partial charge is 0.339 e. The molecule has 8 nitrogen and oxygen atoms in total. The Kier molecular flexibility index (Phi) is 6.09. The highest BCUT2D eigenvalue weighted by atomic mass is 32.2. The second kappa shape index (κ2) is 7.36. The molecule has 0 saturated carbocycles. The minimum Gasteiger partial charge on any atom is -0.465 e. The molecular weight excluding hydrogens is 300 g/mol. The van der Waals surface area contributed by atoms with Crippen molar-refractivity contribution in [2.24, 2.45) is 0 Å². The molecule has 0 radical (unpaired) electrons. The number of ether oxygens (including phenoxy) is 2. The van der Waals surface area contributed by atoms with E-state index in [1.54, 1.807) is 0 Å². The molecule has 21 heavy (non-hydrogen) atoms. The van der Waals surface area contributed by atoms with Crippen LogP contribution in [0.5, 0.6) is 0 Å². The second-order valence-electron chi connectivity index (χ2n) is 4.20. The van der Waals surface area contributed by atoms with Crippen molar-refractivity contribution in [1.29, 1.82) is 0 Å². The van der Waals surface area contributed by atoms with Gasteiger partial charge in [-0.1, -0.05) is 0 Å². The molecule has 0 bridgehead atoms. The van der Waals surface area contributed by atoms with Crippen molar-refractivity contribution < 1.29 is 27.8 Å². The van der Waals surface area contributed by atoms with Crippen LogP contribution in [0.3, 0.4) is 0 Å². The third kappa shape index (κ3) is 4.39. The molecule has 0 aliphatic heterocycles. The minimum atomic E-state index is -4.07. The lowest BCUT2D eigenvalue weighted by Crippen LogP contribution is -2.41. The molecule has 0 aliphatic carbocycles. The van der Waals surface area contributed by atoms with Crippen LogP contribution >= 0.6 is 0 Å². The van der Waals surface area contributed by atoms with Crippen molar-refractivity contribution in [3.05, 3.63) is 23.8 Å². The lowest BCUT2D eigenvalue weighted by atomic mass is 10.2. The molecule has 0 amide bonds. The van der Waals surface area contributed by atoms with Crippen LogP contribution in [0.15, 0.2) is 23.1 Å². The number of anilines is 1. The molecule has 4 N–H and O–H groups in total. The summed E-state index contributed by atoms with van der Waals surface area (Å²) in [6, 6.07) is 2.96. The SMILES string of the molecule is COCC(CO)NS(=O)(=O)c1cc(N)ccc1C(=O)OC. The van der Waals surface area contributed by atoms with Gasteiger partial charge in [0.15, 0.2) is 0 Å². The normalized spacial score (nSPS) is 12.9. The van der Waals surface area contributed by atoms with E-state index in [1.807, 2.05) is 0 Å². The van der Waals surface area contributed by atoms with Crippen LogP contribution in [0.4, 0.5) is 5.69 Å². The average molecular weight is 318 g/mol. The molecule has 1 aromatic carbocycles. The number of methoxy groups -OCH3 is 2. The first-order valence-corrected chi connectivity index (χ1v) is 7.44. The van der Waals surface area contributed by atoms with Crippen molar-refractivity contribution in [3.63, 3.8) is 0 Å². The summed E-state index contributed by atoms with van der Waals surface area (Å²) in [5.41, 5.74) is 5.60. The Morgan fingerprint density at radius 2 is 2.10 bits per heavy atom. The van der Waals surface area contributed by atoms with Gasteiger partial charge in [0.1, 0.15) is 0 Å². The lowest BCUT2D eigenvalue weighted by molar-refractivity contribution is 0.0596. The lowest BCUT2D eigenvalue weighted by Gasteiger charge is -2.17. The molecule has 9 heteroatoms. The summed E-state index contributed by atoms with van der Waals surface area (Å²) in [5.74, 6) is -0.803. The number of hydrogen-bond acceptors (Lipinski definition) is 7. The third-order valence-corrected chi connectivity index (χ3v) is 4.17. The van der Waals surface area contributed by atoms with Crippen molar-refractivity contribution in [1.82, 2.24) is 4.72 Å². The summed E-state index contributed by atoms with van der Waals surface area (Å²) < 4.78 is 36.2. The number of rotatable bonds is 7. The van der Waals surface area contributed by atoms with Gasteiger partial charge in [-0.05, 0) is 18.2 Å². The second-order valence-corrected chi connectivity index (χ2v) is 5.89. The first-order chi connectivity index (χ1) is 9.85. The van der Waals surface area contributed by atoms with Crippen molar-refractivity contribution in [2.45, 2.75) is 10.9 Å². The highest BCUT2D eigenvalue weighted by Crippen LogP contribution is 2.20. The molecule has 1 atom stereocenters. The summed E-state index contributed by atoms with van der Waals surface area (Å²) in [6.45, 7) is -0.478. The standard InChI is InChI=1S/C12H18N2O6S/c1-19-7-9(6-15)14-21(17,18)11-5-8(13)3-4-10(11)12(16)20-2/h3-5,9,14-15H,6-7,13H2,1-2H3. The zero-order valence-electron chi connectivity index (χ0n) is 11.7. The van der Waals surface area contributed by atoms with E-state index in [-0.39, 0.29) is 22.8 Å². The van der Waals surface area contributed by atoms with E-state index in [0.29, 0.717) is 0 Å². The number of hydrogen-bond donors (Lipinski definition) is 3. The molecular formula is C12H18N2O6S.